The zero-order valence-corrected chi connectivity index (χ0v) is 19.0. The molecule has 32 heavy (non-hydrogen) atoms. The number of hydrogen-bond acceptors (Lipinski definition) is 6. The minimum absolute atomic E-state index is 0.0224. The van der Waals surface area contributed by atoms with Crippen LogP contribution in [0.4, 0.5) is 0 Å². The minimum Gasteiger partial charge on any atom is -0.441 e. The van der Waals surface area contributed by atoms with Gasteiger partial charge < -0.3 is 9.15 Å². The van der Waals surface area contributed by atoms with E-state index >= 15 is 0 Å². The number of fused-ring (bicyclic) bond motifs is 1. The monoisotopic (exact) mass is 447 g/mol. The molecule has 2 aromatic carbocycles. The summed E-state index contributed by atoms with van der Waals surface area (Å²) in [6, 6.07) is 15.6. The zero-order chi connectivity index (χ0) is 22.1. The number of ether oxygens (including phenoxy) is 1. The molecule has 0 aliphatic carbocycles. The van der Waals surface area contributed by atoms with Gasteiger partial charge >= 0.3 is 0 Å². The first-order chi connectivity index (χ1) is 15.6. The summed E-state index contributed by atoms with van der Waals surface area (Å²) in [5.41, 5.74) is 3.69. The number of rotatable bonds is 6. The summed E-state index contributed by atoms with van der Waals surface area (Å²) in [4.78, 5) is 22.8. The smallest absolute Gasteiger partial charge is 0.262 e. The first-order valence-corrected chi connectivity index (χ1v) is 11.8. The van der Waals surface area contributed by atoms with Crippen LogP contribution in [-0.4, -0.2) is 27.2 Å². The molecule has 6 nitrogen and oxygen atoms in total. The van der Waals surface area contributed by atoms with Crippen LogP contribution in [0.15, 0.2) is 62.9 Å². The molecule has 164 valence electrons. The number of nitrogens with zero attached hydrogens (tertiary/aromatic N) is 3. The van der Waals surface area contributed by atoms with Crippen LogP contribution in [0.5, 0.6) is 0 Å². The zero-order valence-electron chi connectivity index (χ0n) is 18.2. The van der Waals surface area contributed by atoms with E-state index in [1.165, 1.54) is 17.3 Å². The normalized spacial score (nSPS) is 16.1. The second kappa shape index (κ2) is 8.92. The highest BCUT2D eigenvalue weighted by Gasteiger charge is 2.21. The molecular weight excluding hydrogens is 422 g/mol. The van der Waals surface area contributed by atoms with Crippen LogP contribution in [0.25, 0.3) is 22.4 Å². The van der Waals surface area contributed by atoms with E-state index in [1.807, 2.05) is 55.5 Å². The summed E-state index contributed by atoms with van der Waals surface area (Å²) in [7, 11) is 0. The lowest BCUT2D eigenvalue weighted by molar-refractivity contribution is 0.0937. The first-order valence-electron chi connectivity index (χ1n) is 10.9. The number of thioether (sulfide) groups is 1. The van der Waals surface area contributed by atoms with Gasteiger partial charge in [0.05, 0.1) is 29.2 Å². The van der Waals surface area contributed by atoms with Crippen molar-refractivity contribution in [3.05, 3.63) is 75.9 Å². The van der Waals surface area contributed by atoms with Gasteiger partial charge in [0, 0.05) is 17.9 Å². The Hall–Kier alpha value is -2.90. The Morgan fingerprint density at radius 1 is 1.09 bits per heavy atom. The molecule has 0 radical (unpaired) electrons. The molecule has 0 spiro atoms. The van der Waals surface area contributed by atoms with Crippen molar-refractivity contribution in [1.82, 2.24) is 14.5 Å². The third kappa shape index (κ3) is 4.23. The molecule has 0 N–H and O–H groups in total. The van der Waals surface area contributed by atoms with Crippen molar-refractivity contribution >= 4 is 22.7 Å². The molecule has 1 aliphatic heterocycles. The van der Waals surface area contributed by atoms with Crippen LogP contribution in [0.3, 0.4) is 0 Å². The number of para-hydroxylation sites is 1. The maximum atomic E-state index is 13.3. The van der Waals surface area contributed by atoms with Crippen molar-refractivity contribution in [3.8, 4) is 11.5 Å². The van der Waals surface area contributed by atoms with Gasteiger partial charge in [0.15, 0.2) is 5.16 Å². The van der Waals surface area contributed by atoms with Gasteiger partial charge in [0.1, 0.15) is 5.76 Å². The van der Waals surface area contributed by atoms with Gasteiger partial charge in [-0.1, -0.05) is 41.6 Å². The largest absolute Gasteiger partial charge is 0.441 e. The molecule has 1 atom stereocenters. The third-order valence-electron chi connectivity index (χ3n) is 5.77. The fourth-order valence-corrected chi connectivity index (χ4v) is 4.94. The van der Waals surface area contributed by atoms with Crippen molar-refractivity contribution in [3.63, 3.8) is 0 Å². The van der Waals surface area contributed by atoms with Crippen molar-refractivity contribution in [2.75, 3.05) is 6.61 Å². The standard InChI is InChI=1S/C25H25N3O3S/c1-16-9-11-18(12-10-16)23-26-22(17(2)31-23)15-32-25-27-21-8-4-3-7-20(21)24(29)28(25)14-19-6-5-13-30-19/h3-4,7-12,19H,5-6,13-15H2,1-2H3/t19-/m0/s1. The molecule has 0 amide bonds. The Bertz CT molecular complexity index is 1300. The van der Waals surface area contributed by atoms with Gasteiger partial charge in [-0.3, -0.25) is 9.36 Å². The quantitative estimate of drug-likeness (QED) is 0.301. The van der Waals surface area contributed by atoms with Gasteiger partial charge in [0.25, 0.3) is 5.56 Å². The van der Waals surface area contributed by atoms with E-state index in [0.29, 0.717) is 34.2 Å². The first kappa shape index (κ1) is 21.0. The Morgan fingerprint density at radius 3 is 2.69 bits per heavy atom. The fraction of sp³-hybridized carbons (Fsp3) is 0.320. The van der Waals surface area contributed by atoms with Gasteiger partial charge in [-0.25, -0.2) is 9.97 Å². The maximum absolute atomic E-state index is 13.3. The van der Waals surface area contributed by atoms with Crippen LogP contribution in [0.2, 0.25) is 0 Å². The molecule has 4 aromatic rings. The van der Waals surface area contributed by atoms with Crippen LogP contribution < -0.4 is 5.56 Å². The summed E-state index contributed by atoms with van der Waals surface area (Å²) in [5, 5.41) is 1.32. The number of oxazole rings is 1. The predicted octanol–water partition coefficient (Wildman–Crippen LogP) is 5.14. The lowest BCUT2D eigenvalue weighted by Gasteiger charge is -2.16. The lowest BCUT2D eigenvalue weighted by Crippen LogP contribution is -2.28. The van der Waals surface area contributed by atoms with Gasteiger partial charge in [-0.15, -0.1) is 0 Å². The highest BCUT2D eigenvalue weighted by Crippen LogP contribution is 2.28. The van der Waals surface area contributed by atoms with E-state index in [-0.39, 0.29) is 11.7 Å². The molecule has 3 heterocycles. The molecule has 2 aromatic heterocycles. The average molecular weight is 448 g/mol. The molecule has 0 saturated carbocycles. The summed E-state index contributed by atoms with van der Waals surface area (Å²) >= 11 is 1.51. The molecule has 1 fully saturated rings. The molecule has 1 aliphatic rings. The second-order valence-corrected chi connectivity index (χ2v) is 9.08. The number of aryl methyl sites for hydroxylation is 2. The van der Waals surface area contributed by atoms with Crippen LogP contribution in [-0.2, 0) is 17.0 Å². The Kier molecular flexibility index (Phi) is 5.85. The van der Waals surface area contributed by atoms with Gasteiger partial charge in [-0.2, -0.15) is 0 Å². The van der Waals surface area contributed by atoms with Crippen LogP contribution >= 0.6 is 11.8 Å². The molecule has 1 saturated heterocycles. The average Bonchev–Trinajstić information content (AvgIpc) is 3.45. The maximum Gasteiger partial charge on any atom is 0.262 e. The lowest BCUT2D eigenvalue weighted by atomic mass is 10.1. The van der Waals surface area contributed by atoms with E-state index in [0.717, 1.165) is 36.5 Å². The van der Waals surface area contributed by atoms with Crippen molar-refractivity contribution in [2.24, 2.45) is 0 Å². The number of aromatic nitrogens is 3. The van der Waals surface area contributed by atoms with Crippen molar-refractivity contribution in [1.29, 1.82) is 0 Å². The van der Waals surface area contributed by atoms with E-state index in [4.69, 9.17) is 19.1 Å². The van der Waals surface area contributed by atoms with Crippen LogP contribution in [0.1, 0.15) is 29.9 Å². The van der Waals surface area contributed by atoms with Crippen LogP contribution in [0, 0.1) is 13.8 Å². The molecular formula is C25H25N3O3S. The molecule has 0 unspecified atom stereocenters. The molecule has 5 rings (SSSR count). The van der Waals surface area contributed by atoms with Gasteiger partial charge in [-0.05, 0) is 51.0 Å². The van der Waals surface area contributed by atoms with Gasteiger partial charge in [0.2, 0.25) is 5.89 Å². The highest BCUT2D eigenvalue weighted by atomic mass is 32.2. The van der Waals surface area contributed by atoms with E-state index < -0.39 is 0 Å². The van der Waals surface area contributed by atoms with Crippen molar-refractivity contribution in [2.45, 2.75) is 50.2 Å². The van der Waals surface area contributed by atoms with E-state index in [9.17, 15) is 4.79 Å². The highest BCUT2D eigenvalue weighted by molar-refractivity contribution is 7.98. The summed E-state index contributed by atoms with van der Waals surface area (Å²) in [6.45, 7) is 5.25. The summed E-state index contributed by atoms with van der Waals surface area (Å²) in [5.74, 6) is 1.96. The van der Waals surface area contributed by atoms with E-state index in [1.54, 1.807) is 4.57 Å². The van der Waals surface area contributed by atoms with Crippen molar-refractivity contribution < 1.29 is 9.15 Å². The summed E-state index contributed by atoms with van der Waals surface area (Å²) in [6.07, 6.45) is 2.05. The minimum atomic E-state index is -0.0224. The Balaban J connectivity index is 1.44. The Labute approximate surface area is 190 Å². The molecule has 7 heteroatoms. The fourth-order valence-electron chi connectivity index (χ4n) is 3.93. The number of benzene rings is 2. The predicted molar refractivity (Wildman–Crippen MR) is 126 cm³/mol. The topological polar surface area (TPSA) is 70.2 Å². The number of hydrogen-bond donors (Lipinski definition) is 0. The Morgan fingerprint density at radius 2 is 1.91 bits per heavy atom. The summed E-state index contributed by atoms with van der Waals surface area (Å²) < 4.78 is 13.5. The van der Waals surface area contributed by atoms with E-state index in [2.05, 4.69) is 6.92 Å². The second-order valence-electron chi connectivity index (χ2n) is 8.14. The third-order valence-corrected chi connectivity index (χ3v) is 6.75. The SMILES string of the molecule is Cc1ccc(-c2nc(CSc3nc4ccccc4c(=O)n3C[C@@H]3CCCO3)c(C)o2)cc1. The molecule has 0 bridgehead atoms.